The lowest BCUT2D eigenvalue weighted by Gasteiger charge is -2.28. The molecule has 1 atom stereocenters. The topological polar surface area (TPSA) is 58.4 Å². The van der Waals surface area contributed by atoms with E-state index in [-0.39, 0.29) is 17.3 Å². The van der Waals surface area contributed by atoms with Crippen molar-refractivity contribution in [3.63, 3.8) is 0 Å². The van der Waals surface area contributed by atoms with Crippen LogP contribution in [0.3, 0.4) is 0 Å². The number of anilines is 1. The Morgan fingerprint density at radius 3 is 2.43 bits per heavy atom. The summed E-state index contributed by atoms with van der Waals surface area (Å²) in [4.78, 5) is 14.0. The average Bonchev–Trinajstić information content (AvgIpc) is 2.45. The van der Waals surface area contributed by atoms with Crippen molar-refractivity contribution in [3.8, 4) is 0 Å². The molecule has 118 valence electrons. The maximum atomic E-state index is 12.8. The predicted molar refractivity (Wildman–Crippen MR) is 75.7 cm³/mol. The number of benzene rings is 1. The minimum atomic E-state index is -4.50. The largest absolute Gasteiger partial charge is 0.416 e. The van der Waals surface area contributed by atoms with Gasteiger partial charge in [-0.1, -0.05) is 6.92 Å². The Balaban J connectivity index is 3.29. The highest BCUT2D eigenvalue weighted by Crippen LogP contribution is 2.32. The summed E-state index contributed by atoms with van der Waals surface area (Å²) in [6.07, 6.45) is -3.79. The molecule has 21 heavy (non-hydrogen) atoms. The van der Waals surface area contributed by atoms with E-state index in [0.29, 0.717) is 13.0 Å². The molecule has 0 saturated carbocycles. The summed E-state index contributed by atoms with van der Waals surface area (Å²) in [7, 11) is 0. The van der Waals surface area contributed by atoms with Crippen LogP contribution in [0.5, 0.6) is 0 Å². The summed E-state index contributed by atoms with van der Waals surface area (Å²) in [5.74, 6) is 4.83. The summed E-state index contributed by atoms with van der Waals surface area (Å²) in [5.41, 5.74) is 1.51. The lowest BCUT2D eigenvalue weighted by atomic mass is 10.1. The zero-order chi connectivity index (χ0) is 16.2. The van der Waals surface area contributed by atoms with E-state index in [1.54, 1.807) is 6.92 Å². The van der Waals surface area contributed by atoms with Crippen molar-refractivity contribution in [2.24, 2.45) is 5.84 Å². The highest BCUT2D eigenvalue weighted by molar-refractivity contribution is 6.00. The number of rotatable bonds is 5. The van der Waals surface area contributed by atoms with Crippen LogP contribution in [0.15, 0.2) is 18.2 Å². The Morgan fingerprint density at radius 2 is 2.00 bits per heavy atom. The van der Waals surface area contributed by atoms with Gasteiger partial charge in [-0.25, -0.2) is 0 Å². The number of hydrogen-bond donors (Lipinski definition) is 2. The minimum Gasteiger partial charge on any atom is -0.336 e. The molecule has 0 aliphatic heterocycles. The molecule has 3 N–H and O–H groups in total. The fourth-order valence-electron chi connectivity index (χ4n) is 2.05. The molecule has 0 bridgehead atoms. The van der Waals surface area contributed by atoms with Crippen LogP contribution in [-0.4, -0.2) is 23.4 Å². The van der Waals surface area contributed by atoms with Gasteiger partial charge in [0.2, 0.25) is 0 Å². The summed E-state index contributed by atoms with van der Waals surface area (Å²) in [5, 5.41) is 0. The number of halogens is 3. The standard InChI is InChI=1S/C14H20F3N3O/c1-4-9(3)20(5-2)13(21)11-8-10(14(15,16)17)6-7-12(11)19-18/h6-9,19H,4-5,18H2,1-3H3. The molecular formula is C14H20F3N3O. The van der Waals surface area contributed by atoms with Crippen molar-refractivity contribution >= 4 is 11.6 Å². The molecular weight excluding hydrogens is 283 g/mol. The SMILES string of the molecule is CCC(C)N(CC)C(=O)c1cc(C(F)(F)F)ccc1NN. The minimum absolute atomic E-state index is 0.0670. The molecule has 1 unspecified atom stereocenters. The fraction of sp³-hybridized carbons (Fsp3) is 0.500. The molecule has 0 saturated heterocycles. The van der Waals surface area contributed by atoms with Gasteiger partial charge in [0, 0.05) is 12.6 Å². The molecule has 0 aliphatic carbocycles. The van der Waals surface area contributed by atoms with Crippen LogP contribution in [0.1, 0.15) is 43.1 Å². The lowest BCUT2D eigenvalue weighted by Crippen LogP contribution is -2.38. The molecule has 0 radical (unpaired) electrons. The number of carbonyl (C=O) groups excluding carboxylic acids is 1. The van der Waals surface area contributed by atoms with Crippen LogP contribution in [0.25, 0.3) is 0 Å². The van der Waals surface area contributed by atoms with Crippen molar-refractivity contribution in [3.05, 3.63) is 29.3 Å². The van der Waals surface area contributed by atoms with Crippen molar-refractivity contribution in [1.82, 2.24) is 4.90 Å². The predicted octanol–water partition coefficient (Wildman–Crippen LogP) is 3.25. The van der Waals surface area contributed by atoms with Gasteiger partial charge in [0.1, 0.15) is 0 Å². The van der Waals surface area contributed by atoms with E-state index in [9.17, 15) is 18.0 Å². The quantitative estimate of drug-likeness (QED) is 0.648. The first-order valence-electron chi connectivity index (χ1n) is 6.75. The molecule has 4 nitrogen and oxygen atoms in total. The van der Waals surface area contributed by atoms with Gasteiger partial charge in [-0.3, -0.25) is 10.6 Å². The van der Waals surface area contributed by atoms with Crippen LogP contribution in [0, 0.1) is 0 Å². The van der Waals surface area contributed by atoms with Gasteiger partial charge in [-0.2, -0.15) is 13.2 Å². The fourth-order valence-corrected chi connectivity index (χ4v) is 2.05. The Labute approximate surface area is 122 Å². The number of nitrogens with two attached hydrogens (primary N) is 1. The number of amides is 1. The Bertz CT molecular complexity index is 503. The van der Waals surface area contributed by atoms with Crippen LogP contribution >= 0.6 is 0 Å². The molecule has 0 heterocycles. The van der Waals surface area contributed by atoms with E-state index < -0.39 is 17.6 Å². The smallest absolute Gasteiger partial charge is 0.336 e. The number of hydrazine groups is 1. The lowest BCUT2D eigenvalue weighted by molar-refractivity contribution is -0.137. The first kappa shape index (κ1) is 17.3. The van der Waals surface area contributed by atoms with Gasteiger partial charge < -0.3 is 10.3 Å². The van der Waals surface area contributed by atoms with E-state index >= 15 is 0 Å². The van der Waals surface area contributed by atoms with Crippen molar-refractivity contribution in [2.75, 3.05) is 12.0 Å². The monoisotopic (exact) mass is 303 g/mol. The molecule has 1 amide bonds. The van der Waals surface area contributed by atoms with Crippen LogP contribution in [0.2, 0.25) is 0 Å². The number of nitrogens with zero attached hydrogens (tertiary/aromatic N) is 1. The van der Waals surface area contributed by atoms with Gasteiger partial charge in [0.25, 0.3) is 5.91 Å². The second-order valence-corrected chi connectivity index (χ2v) is 4.75. The first-order valence-corrected chi connectivity index (χ1v) is 6.75. The van der Waals surface area contributed by atoms with E-state index in [1.807, 2.05) is 13.8 Å². The molecule has 7 heteroatoms. The van der Waals surface area contributed by atoms with Crippen molar-refractivity contribution in [2.45, 2.75) is 39.4 Å². The van der Waals surface area contributed by atoms with Gasteiger partial charge in [0.15, 0.2) is 0 Å². The van der Waals surface area contributed by atoms with Crippen molar-refractivity contribution in [1.29, 1.82) is 0 Å². The molecule has 0 spiro atoms. The van der Waals surface area contributed by atoms with Crippen LogP contribution < -0.4 is 11.3 Å². The Morgan fingerprint density at radius 1 is 1.38 bits per heavy atom. The molecule has 0 fully saturated rings. The number of alkyl halides is 3. The first-order chi connectivity index (χ1) is 9.76. The van der Waals surface area contributed by atoms with Crippen LogP contribution in [-0.2, 0) is 6.18 Å². The average molecular weight is 303 g/mol. The molecule has 1 aromatic rings. The Kier molecular flexibility index (Phi) is 5.60. The maximum Gasteiger partial charge on any atom is 0.416 e. The van der Waals surface area contributed by atoms with Gasteiger partial charge in [-0.05, 0) is 38.5 Å². The van der Waals surface area contributed by atoms with Crippen LogP contribution in [0.4, 0.5) is 18.9 Å². The van der Waals surface area contributed by atoms with E-state index in [1.165, 1.54) is 11.0 Å². The zero-order valence-corrected chi connectivity index (χ0v) is 12.3. The van der Waals surface area contributed by atoms with Gasteiger partial charge in [-0.15, -0.1) is 0 Å². The van der Waals surface area contributed by atoms with Crippen molar-refractivity contribution < 1.29 is 18.0 Å². The van der Waals surface area contributed by atoms with E-state index in [2.05, 4.69) is 5.43 Å². The normalized spacial score (nSPS) is 12.9. The Hall–Kier alpha value is -1.76. The van der Waals surface area contributed by atoms with Gasteiger partial charge in [0.05, 0.1) is 16.8 Å². The number of hydrogen-bond acceptors (Lipinski definition) is 3. The number of carbonyl (C=O) groups is 1. The second kappa shape index (κ2) is 6.80. The molecule has 1 rings (SSSR count). The van der Waals surface area contributed by atoms with Gasteiger partial charge >= 0.3 is 6.18 Å². The third-order valence-corrected chi connectivity index (χ3v) is 3.46. The second-order valence-electron chi connectivity index (χ2n) is 4.75. The van der Waals surface area contributed by atoms with E-state index in [4.69, 9.17) is 5.84 Å². The third-order valence-electron chi connectivity index (χ3n) is 3.46. The third kappa shape index (κ3) is 3.87. The zero-order valence-electron chi connectivity index (χ0n) is 12.3. The highest BCUT2D eigenvalue weighted by atomic mass is 19.4. The van der Waals surface area contributed by atoms with E-state index in [0.717, 1.165) is 12.1 Å². The number of nitrogen functional groups attached to an aromatic ring is 1. The maximum absolute atomic E-state index is 12.8. The summed E-state index contributed by atoms with van der Waals surface area (Å²) >= 11 is 0. The summed E-state index contributed by atoms with van der Waals surface area (Å²) < 4.78 is 38.4. The molecule has 0 aromatic heterocycles. The highest BCUT2D eigenvalue weighted by Gasteiger charge is 2.32. The molecule has 0 aliphatic rings. The summed E-state index contributed by atoms with van der Waals surface area (Å²) in [6.45, 7) is 5.96. The summed E-state index contributed by atoms with van der Waals surface area (Å²) in [6, 6.07) is 2.83. The number of nitrogens with one attached hydrogen (secondary N) is 1. The molecule has 1 aromatic carbocycles.